The maximum Gasteiger partial charge on any atom is 0.254 e. The first-order valence-electron chi connectivity index (χ1n) is 15.0. The Hall–Kier alpha value is -4.05. The molecule has 4 aromatic rings. The van der Waals surface area contributed by atoms with E-state index in [-0.39, 0.29) is 17.9 Å². The number of ether oxygens (including phenoxy) is 1. The molecule has 2 amide bonds. The molecule has 1 saturated heterocycles. The van der Waals surface area contributed by atoms with Crippen LogP contribution in [0.4, 0.5) is 0 Å². The summed E-state index contributed by atoms with van der Waals surface area (Å²) in [6.07, 6.45) is 4.86. The van der Waals surface area contributed by atoms with Crippen molar-refractivity contribution < 1.29 is 18.7 Å². The van der Waals surface area contributed by atoms with Crippen molar-refractivity contribution in [1.29, 1.82) is 0 Å². The number of para-hydroxylation sites is 1. The minimum absolute atomic E-state index is 0.0113. The number of piperazine rings is 1. The van der Waals surface area contributed by atoms with Crippen molar-refractivity contribution in [3.63, 3.8) is 0 Å². The lowest BCUT2D eigenvalue weighted by atomic mass is 10.1. The highest BCUT2D eigenvalue weighted by Gasteiger charge is 2.30. The van der Waals surface area contributed by atoms with E-state index in [1.54, 1.807) is 18.0 Å². The number of rotatable bonds is 12. The molecule has 1 aliphatic rings. The topological polar surface area (TPSA) is 93.7 Å². The Morgan fingerprint density at radius 2 is 1.84 bits per heavy atom. The van der Waals surface area contributed by atoms with E-state index in [0.29, 0.717) is 56.2 Å². The number of nitrogens with zero attached hydrogens (tertiary/aromatic N) is 5. The van der Waals surface area contributed by atoms with Crippen molar-refractivity contribution in [3.8, 4) is 23.0 Å². The van der Waals surface area contributed by atoms with Crippen LogP contribution in [0.15, 0.2) is 76.5 Å². The summed E-state index contributed by atoms with van der Waals surface area (Å²) in [5, 5.41) is 9.63. The lowest BCUT2D eigenvalue weighted by Crippen LogP contribution is -2.55. The second kappa shape index (κ2) is 14.4. The molecule has 2 aromatic heterocycles. The number of unbranched alkanes of at least 4 members (excludes halogenated alkanes) is 1. The van der Waals surface area contributed by atoms with Crippen LogP contribution in [0.5, 0.6) is 5.75 Å². The normalized spacial score (nSPS) is 15.1. The molecule has 1 aliphatic heterocycles. The highest BCUT2D eigenvalue weighted by atomic mass is 32.2. The summed E-state index contributed by atoms with van der Waals surface area (Å²) < 4.78 is 13.4. The van der Waals surface area contributed by atoms with E-state index in [2.05, 4.69) is 30.1 Å². The van der Waals surface area contributed by atoms with Crippen LogP contribution in [0.1, 0.15) is 55.5 Å². The predicted molar refractivity (Wildman–Crippen MR) is 168 cm³/mol. The number of benzene rings is 2. The van der Waals surface area contributed by atoms with Gasteiger partial charge < -0.3 is 19.0 Å². The highest BCUT2D eigenvalue weighted by molar-refractivity contribution is 7.99. The average Bonchev–Trinajstić information content (AvgIpc) is 3.70. The van der Waals surface area contributed by atoms with E-state index in [1.807, 2.05) is 75.9 Å². The second-order valence-corrected chi connectivity index (χ2v) is 11.8. The Morgan fingerprint density at radius 1 is 1.02 bits per heavy atom. The maximum absolute atomic E-state index is 13.2. The summed E-state index contributed by atoms with van der Waals surface area (Å²) >= 11 is 1.58. The number of furan rings is 1. The SMILES string of the molecule is CCCCOc1ccc(C(=O)N2CCN(C(=O)CCCSc3nnc(-c4ccco4)n3-c3ccccc3C)CC2C)cc1. The summed E-state index contributed by atoms with van der Waals surface area (Å²) in [7, 11) is 0. The molecule has 0 bridgehead atoms. The van der Waals surface area contributed by atoms with Gasteiger partial charge in [0.2, 0.25) is 11.7 Å². The maximum atomic E-state index is 13.2. The van der Waals surface area contributed by atoms with Gasteiger partial charge in [0, 0.05) is 43.4 Å². The quantitative estimate of drug-likeness (QED) is 0.140. The van der Waals surface area contributed by atoms with Gasteiger partial charge in [0.25, 0.3) is 5.91 Å². The van der Waals surface area contributed by atoms with Crippen molar-refractivity contribution in [2.45, 2.75) is 57.7 Å². The minimum atomic E-state index is -0.0623. The molecule has 10 heteroatoms. The smallest absolute Gasteiger partial charge is 0.254 e. The van der Waals surface area contributed by atoms with Gasteiger partial charge in [-0.15, -0.1) is 10.2 Å². The lowest BCUT2D eigenvalue weighted by Gasteiger charge is -2.40. The molecule has 0 radical (unpaired) electrons. The van der Waals surface area contributed by atoms with Crippen LogP contribution < -0.4 is 4.74 Å². The fourth-order valence-electron chi connectivity index (χ4n) is 5.19. The molecule has 3 heterocycles. The van der Waals surface area contributed by atoms with E-state index in [0.717, 1.165) is 40.8 Å². The number of aryl methyl sites for hydroxylation is 1. The zero-order chi connectivity index (χ0) is 30.2. The fourth-order valence-corrected chi connectivity index (χ4v) is 6.07. The Morgan fingerprint density at radius 3 is 2.56 bits per heavy atom. The standard InChI is InChI=1S/C33H39N5O4S/c1-4-5-20-41-27-16-14-26(15-17-27)32(40)37-19-18-36(23-25(37)3)30(39)13-9-22-43-33-35-34-31(29-12-8-21-42-29)38(33)28-11-7-6-10-24(28)2/h6-8,10-12,14-17,21,25H,4-5,9,13,18-20,22-23H2,1-3H3. The third-order valence-corrected chi connectivity index (χ3v) is 8.62. The van der Waals surface area contributed by atoms with Crippen LogP contribution in [0.2, 0.25) is 0 Å². The Bertz CT molecular complexity index is 1500. The van der Waals surface area contributed by atoms with Crippen LogP contribution in [0.3, 0.4) is 0 Å². The number of carbonyl (C=O) groups is 2. The minimum Gasteiger partial charge on any atom is -0.494 e. The first-order valence-corrected chi connectivity index (χ1v) is 15.9. The molecule has 226 valence electrons. The highest BCUT2D eigenvalue weighted by Crippen LogP contribution is 2.30. The molecular weight excluding hydrogens is 562 g/mol. The summed E-state index contributed by atoms with van der Waals surface area (Å²) in [5.41, 5.74) is 2.74. The van der Waals surface area contributed by atoms with Crippen molar-refractivity contribution in [2.75, 3.05) is 32.0 Å². The average molecular weight is 602 g/mol. The Balaban J connectivity index is 1.12. The van der Waals surface area contributed by atoms with E-state index < -0.39 is 0 Å². The van der Waals surface area contributed by atoms with E-state index in [4.69, 9.17) is 9.15 Å². The third-order valence-electron chi connectivity index (χ3n) is 7.61. The largest absolute Gasteiger partial charge is 0.494 e. The molecule has 0 aliphatic carbocycles. The van der Waals surface area contributed by atoms with Gasteiger partial charge in [-0.2, -0.15) is 0 Å². The van der Waals surface area contributed by atoms with Gasteiger partial charge in [0.15, 0.2) is 10.9 Å². The summed E-state index contributed by atoms with van der Waals surface area (Å²) in [6.45, 7) is 8.45. The van der Waals surface area contributed by atoms with Gasteiger partial charge in [-0.3, -0.25) is 14.2 Å². The molecule has 0 N–H and O–H groups in total. The zero-order valence-corrected chi connectivity index (χ0v) is 25.9. The molecule has 0 spiro atoms. The third kappa shape index (κ3) is 7.30. The summed E-state index contributed by atoms with van der Waals surface area (Å²) in [5.74, 6) is 2.90. The van der Waals surface area contributed by atoms with Crippen LogP contribution in [0, 0.1) is 6.92 Å². The zero-order valence-electron chi connectivity index (χ0n) is 25.1. The van der Waals surface area contributed by atoms with Gasteiger partial charge >= 0.3 is 0 Å². The van der Waals surface area contributed by atoms with E-state index >= 15 is 0 Å². The number of amides is 2. The van der Waals surface area contributed by atoms with Crippen molar-refractivity contribution in [2.24, 2.45) is 0 Å². The van der Waals surface area contributed by atoms with Crippen LogP contribution in [-0.4, -0.2) is 74.4 Å². The van der Waals surface area contributed by atoms with Gasteiger partial charge in [-0.05, 0) is 74.7 Å². The summed E-state index contributed by atoms with van der Waals surface area (Å²) in [4.78, 5) is 30.0. The number of carbonyl (C=O) groups excluding carboxylic acids is 2. The molecular formula is C33H39N5O4S. The Labute approximate surface area is 257 Å². The molecule has 1 atom stereocenters. The van der Waals surface area contributed by atoms with Gasteiger partial charge in [0.1, 0.15) is 5.75 Å². The van der Waals surface area contributed by atoms with Gasteiger partial charge in [-0.25, -0.2) is 0 Å². The van der Waals surface area contributed by atoms with Crippen LogP contribution >= 0.6 is 11.8 Å². The number of hydrogen-bond donors (Lipinski definition) is 0. The molecule has 1 fully saturated rings. The second-order valence-electron chi connectivity index (χ2n) is 10.8. The molecule has 43 heavy (non-hydrogen) atoms. The number of thioether (sulfide) groups is 1. The molecule has 0 saturated carbocycles. The predicted octanol–water partition coefficient (Wildman–Crippen LogP) is 6.26. The van der Waals surface area contributed by atoms with Crippen molar-refractivity contribution in [1.82, 2.24) is 24.6 Å². The fraction of sp³-hybridized carbons (Fsp3) is 0.394. The Kier molecular flexibility index (Phi) is 10.2. The number of aromatic nitrogens is 3. The first-order chi connectivity index (χ1) is 21.0. The lowest BCUT2D eigenvalue weighted by molar-refractivity contribution is -0.133. The van der Waals surface area contributed by atoms with E-state index in [1.165, 1.54) is 0 Å². The van der Waals surface area contributed by atoms with Crippen LogP contribution in [0.25, 0.3) is 17.3 Å². The summed E-state index contributed by atoms with van der Waals surface area (Å²) in [6, 6.07) is 19.1. The van der Waals surface area contributed by atoms with Gasteiger partial charge in [-0.1, -0.05) is 43.3 Å². The monoisotopic (exact) mass is 601 g/mol. The molecule has 1 unspecified atom stereocenters. The van der Waals surface area contributed by atoms with Crippen LogP contribution in [-0.2, 0) is 4.79 Å². The van der Waals surface area contributed by atoms with E-state index in [9.17, 15) is 9.59 Å². The van der Waals surface area contributed by atoms with Gasteiger partial charge in [0.05, 0.1) is 18.6 Å². The molecule has 5 rings (SSSR count). The van der Waals surface area contributed by atoms with Crippen molar-refractivity contribution >= 4 is 23.6 Å². The molecule has 2 aromatic carbocycles. The molecule has 9 nitrogen and oxygen atoms in total. The number of hydrogen-bond acceptors (Lipinski definition) is 7. The first kappa shape index (κ1) is 30.4. The van der Waals surface area contributed by atoms with Crippen molar-refractivity contribution in [3.05, 3.63) is 78.1 Å².